The van der Waals surface area contributed by atoms with Gasteiger partial charge in [-0.3, -0.25) is 4.79 Å². The van der Waals surface area contributed by atoms with Gasteiger partial charge in [0, 0.05) is 0 Å². The molecule has 0 bridgehead atoms. The van der Waals surface area contributed by atoms with E-state index in [0.717, 1.165) is 11.4 Å². The molecule has 0 aliphatic heterocycles. The molecule has 0 saturated heterocycles. The van der Waals surface area contributed by atoms with Crippen LogP contribution in [0.25, 0.3) is 16.9 Å². The molecule has 0 spiro atoms. The average Bonchev–Trinajstić information content (AvgIpc) is 2.90. The number of carbonyl (C=O) groups excluding carboxylic acids is 1. The van der Waals surface area contributed by atoms with Crippen LogP contribution < -0.4 is 0 Å². The summed E-state index contributed by atoms with van der Waals surface area (Å²) in [6.45, 7) is 3.99. The molecule has 7 nitrogen and oxygen atoms in total. The molecule has 0 radical (unpaired) electrons. The molecule has 0 N–H and O–H groups in total. The van der Waals surface area contributed by atoms with Gasteiger partial charge >= 0.3 is 5.97 Å². The number of rotatable bonds is 5. The lowest BCUT2D eigenvalue weighted by molar-refractivity contribution is -0.139. The second-order valence-corrected chi connectivity index (χ2v) is 5.64. The predicted octanol–water partition coefficient (Wildman–Crippen LogP) is 2.17. The first-order chi connectivity index (χ1) is 11.2. The molecule has 23 heavy (non-hydrogen) atoms. The van der Waals surface area contributed by atoms with Crippen molar-refractivity contribution in [1.29, 1.82) is 0 Å². The van der Waals surface area contributed by atoms with Crippen LogP contribution in [-0.2, 0) is 9.53 Å². The van der Waals surface area contributed by atoms with Crippen LogP contribution >= 0.6 is 11.8 Å². The van der Waals surface area contributed by atoms with E-state index in [-0.39, 0.29) is 11.7 Å². The number of benzene rings is 1. The highest BCUT2D eigenvalue weighted by atomic mass is 32.2. The lowest BCUT2D eigenvalue weighted by atomic mass is 10.3. The van der Waals surface area contributed by atoms with Crippen molar-refractivity contribution in [2.75, 3.05) is 12.4 Å². The zero-order valence-electron chi connectivity index (χ0n) is 12.8. The van der Waals surface area contributed by atoms with Crippen molar-refractivity contribution in [2.45, 2.75) is 19.0 Å². The summed E-state index contributed by atoms with van der Waals surface area (Å²) in [5.74, 6) is -0.145. The maximum absolute atomic E-state index is 11.4. The monoisotopic (exact) mass is 329 g/mol. The summed E-state index contributed by atoms with van der Waals surface area (Å²) in [7, 11) is 0. The van der Waals surface area contributed by atoms with Crippen LogP contribution in [0.4, 0.5) is 0 Å². The molecule has 2 aromatic heterocycles. The van der Waals surface area contributed by atoms with Gasteiger partial charge in [0.25, 0.3) is 0 Å². The zero-order chi connectivity index (χ0) is 16.2. The third kappa shape index (κ3) is 3.31. The quantitative estimate of drug-likeness (QED) is 0.524. The fourth-order valence-corrected chi connectivity index (χ4v) is 2.65. The average molecular weight is 329 g/mol. The Morgan fingerprint density at radius 2 is 2.04 bits per heavy atom. The molecule has 3 aromatic rings. The van der Waals surface area contributed by atoms with E-state index >= 15 is 0 Å². The summed E-state index contributed by atoms with van der Waals surface area (Å²) in [4.78, 5) is 15.9. The van der Waals surface area contributed by atoms with Gasteiger partial charge in [0.05, 0.1) is 23.7 Å². The number of nitrogens with zero attached hydrogens (tertiary/aromatic N) is 5. The Hall–Kier alpha value is -2.48. The number of ether oxygens (including phenoxy) is 1. The van der Waals surface area contributed by atoms with E-state index in [4.69, 9.17) is 4.74 Å². The molecule has 3 rings (SSSR count). The second kappa shape index (κ2) is 6.74. The van der Waals surface area contributed by atoms with Crippen LogP contribution in [0.3, 0.4) is 0 Å². The number of aryl methyl sites for hydroxylation is 1. The van der Waals surface area contributed by atoms with Gasteiger partial charge in [0.2, 0.25) is 5.16 Å². The lowest BCUT2D eigenvalue weighted by Crippen LogP contribution is -2.07. The Labute approximate surface area is 137 Å². The summed E-state index contributed by atoms with van der Waals surface area (Å²) in [5, 5.41) is 13.1. The van der Waals surface area contributed by atoms with Crippen LogP contribution in [0.1, 0.15) is 12.6 Å². The number of para-hydroxylation sites is 1. The molecule has 0 saturated carbocycles. The molecule has 0 aliphatic rings. The Morgan fingerprint density at radius 1 is 1.26 bits per heavy atom. The third-order valence-corrected chi connectivity index (χ3v) is 3.88. The van der Waals surface area contributed by atoms with Gasteiger partial charge < -0.3 is 4.74 Å². The zero-order valence-corrected chi connectivity index (χ0v) is 13.6. The van der Waals surface area contributed by atoms with Crippen molar-refractivity contribution in [3.63, 3.8) is 0 Å². The van der Waals surface area contributed by atoms with Crippen LogP contribution in [0.2, 0.25) is 0 Å². The number of fused-ring (bicyclic) bond motifs is 1. The fourth-order valence-electron chi connectivity index (χ4n) is 2.07. The molecule has 0 amide bonds. The summed E-state index contributed by atoms with van der Waals surface area (Å²) < 4.78 is 6.62. The fraction of sp³-hybridized carbons (Fsp3) is 0.267. The number of carbonyl (C=O) groups is 1. The topological polar surface area (TPSA) is 82.8 Å². The minimum absolute atomic E-state index is 0.152. The normalized spacial score (nSPS) is 10.9. The molecule has 0 fully saturated rings. The van der Waals surface area contributed by atoms with Gasteiger partial charge in [-0.1, -0.05) is 30.0 Å². The van der Waals surface area contributed by atoms with Gasteiger partial charge in [0.1, 0.15) is 0 Å². The molecular weight excluding hydrogens is 314 g/mol. The third-order valence-electron chi connectivity index (χ3n) is 3.07. The van der Waals surface area contributed by atoms with Gasteiger partial charge in [-0.15, -0.1) is 10.2 Å². The van der Waals surface area contributed by atoms with Crippen molar-refractivity contribution < 1.29 is 9.53 Å². The van der Waals surface area contributed by atoms with E-state index < -0.39 is 0 Å². The summed E-state index contributed by atoms with van der Waals surface area (Å²) in [6, 6.07) is 9.70. The maximum atomic E-state index is 11.4. The minimum Gasteiger partial charge on any atom is -0.465 e. The number of aromatic nitrogens is 5. The molecule has 8 heteroatoms. The highest BCUT2D eigenvalue weighted by molar-refractivity contribution is 7.99. The highest BCUT2D eigenvalue weighted by Gasteiger charge is 2.14. The van der Waals surface area contributed by atoms with Gasteiger partial charge in [-0.25, -0.2) is 4.68 Å². The molecule has 2 heterocycles. The summed E-state index contributed by atoms with van der Waals surface area (Å²) in [5.41, 5.74) is 2.92. The number of hydrogen-bond donors (Lipinski definition) is 0. The molecule has 0 aliphatic carbocycles. The molecule has 1 aromatic carbocycles. The van der Waals surface area contributed by atoms with Crippen LogP contribution in [0, 0.1) is 6.92 Å². The maximum Gasteiger partial charge on any atom is 0.316 e. The van der Waals surface area contributed by atoms with Crippen molar-refractivity contribution in [3.05, 3.63) is 36.0 Å². The standard InChI is InChI=1S/C15H15N5O2S/c1-3-22-12(21)9-23-15-16-14-13(17-18-15)10(2)19-20(14)11-7-5-4-6-8-11/h4-8H,3,9H2,1-2H3. The summed E-state index contributed by atoms with van der Waals surface area (Å²) in [6.07, 6.45) is 0. The van der Waals surface area contributed by atoms with Crippen LogP contribution in [0.5, 0.6) is 0 Å². The first kappa shape index (κ1) is 15.4. The van der Waals surface area contributed by atoms with Gasteiger partial charge in [-0.05, 0) is 26.0 Å². The molecular formula is C15H15N5O2S. The van der Waals surface area contributed by atoms with Crippen molar-refractivity contribution >= 4 is 28.9 Å². The minimum atomic E-state index is -0.297. The molecule has 118 valence electrons. The smallest absolute Gasteiger partial charge is 0.316 e. The van der Waals surface area contributed by atoms with E-state index in [1.807, 2.05) is 37.3 Å². The van der Waals surface area contributed by atoms with E-state index in [0.29, 0.717) is 22.9 Å². The SMILES string of the molecule is CCOC(=O)CSc1nnc2c(C)nn(-c3ccccc3)c2n1. The highest BCUT2D eigenvalue weighted by Crippen LogP contribution is 2.20. The van der Waals surface area contributed by atoms with E-state index in [1.165, 1.54) is 11.8 Å². The Morgan fingerprint density at radius 3 is 2.78 bits per heavy atom. The first-order valence-corrected chi connectivity index (χ1v) is 8.11. The molecule has 0 atom stereocenters. The lowest BCUT2D eigenvalue weighted by Gasteiger charge is -2.03. The Balaban J connectivity index is 1.93. The summed E-state index contributed by atoms with van der Waals surface area (Å²) >= 11 is 1.20. The largest absolute Gasteiger partial charge is 0.465 e. The van der Waals surface area contributed by atoms with Gasteiger partial charge in [0.15, 0.2) is 11.2 Å². The first-order valence-electron chi connectivity index (χ1n) is 7.13. The number of esters is 1. The van der Waals surface area contributed by atoms with Crippen LogP contribution in [0.15, 0.2) is 35.5 Å². The Kier molecular flexibility index (Phi) is 4.52. The second-order valence-electron chi connectivity index (χ2n) is 4.69. The van der Waals surface area contributed by atoms with Crippen molar-refractivity contribution in [1.82, 2.24) is 25.0 Å². The number of thioether (sulfide) groups is 1. The van der Waals surface area contributed by atoms with E-state index in [2.05, 4.69) is 20.3 Å². The van der Waals surface area contributed by atoms with Gasteiger partial charge in [-0.2, -0.15) is 10.1 Å². The Bertz CT molecular complexity index is 835. The predicted molar refractivity (Wildman–Crippen MR) is 86.5 cm³/mol. The van der Waals surface area contributed by atoms with Crippen LogP contribution in [-0.4, -0.2) is 43.3 Å². The number of hydrogen-bond acceptors (Lipinski definition) is 7. The van der Waals surface area contributed by atoms with E-state index in [1.54, 1.807) is 11.6 Å². The van der Waals surface area contributed by atoms with E-state index in [9.17, 15) is 4.79 Å². The van der Waals surface area contributed by atoms with Crippen molar-refractivity contribution in [3.8, 4) is 5.69 Å². The van der Waals surface area contributed by atoms with Crippen molar-refractivity contribution in [2.24, 2.45) is 0 Å². The molecule has 0 unspecified atom stereocenters.